The number of H-pyrrole nitrogens is 1. The molecule has 1 saturated carbocycles. The van der Waals surface area contributed by atoms with Crippen LogP contribution in [0.1, 0.15) is 38.6 Å². The number of nitrogens with zero attached hydrogens (tertiary/aromatic N) is 1. The van der Waals surface area contributed by atoms with Crippen molar-refractivity contribution >= 4 is 23.3 Å². The van der Waals surface area contributed by atoms with E-state index >= 15 is 0 Å². The van der Waals surface area contributed by atoms with Crippen molar-refractivity contribution in [3.63, 3.8) is 0 Å². The quantitative estimate of drug-likeness (QED) is 0.821. The predicted octanol–water partition coefficient (Wildman–Crippen LogP) is 4.46. The Kier molecular flexibility index (Phi) is 3.35. The Balaban J connectivity index is 2.15. The van der Waals surface area contributed by atoms with Crippen LogP contribution in [0.25, 0.3) is 11.0 Å². The average molecular weight is 276 g/mol. The first-order chi connectivity index (χ1) is 9.20. The van der Waals surface area contributed by atoms with Crippen LogP contribution in [-0.4, -0.2) is 16.7 Å². The molecule has 1 aliphatic rings. The van der Waals surface area contributed by atoms with E-state index in [1.807, 2.05) is 12.1 Å². The van der Waals surface area contributed by atoms with Gasteiger partial charge in [0.25, 0.3) is 0 Å². The molecule has 1 heterocycles. The lowest BCUT2D eigenvalue weighted by molar-refractivity contribution is 0.260. The van der Waals surface area contributed by atoms with Crippen LogP contribution in [0, 0.1) is 10.7 Å². The molecule has 0 bridgehead atoms. The van der Waals surface area contributed by atoms with Gasteiger partial charge in [-0.05, 0) is 43.1 Å². The number of ether oxygens (including phenoxy) is 1. The molecule has 2 atom stereocenters. The van der Waals surface area contributed by atoms with Crippen molar-refractivity contribution in [2.75, 3.05) is 7.11 Å². The molecule has 2 aromatic rings. The van der Waals surface area contributed by atoms with Gasteiger partial charge in [0.15, 0.2) is 4.77 Å². The normalized spacial score (nSPS) is 23.7. The highest BCUT2D eigenvalue weighted by Crippen LogP contribution is 2.36. The van der Waals surface area contributed by atoms with Gasteiger partial charge in [-0.15, -0.1) is 0 Å². The summed E-state index contributed by atoms with van der Waals surface area (Å²) in [5.41, 5.74) is 2.27. The second-order valence-corrected chi connectivity index (χ2v) is 5.90. The Morgan fingerprint density at radius 3 is 2.84 bits per heavy atom. The van der Waals surface area contributed by atoms with Crippen molar-refractivity contribution in [3.8, 4) is 5.75 Å². The topological polar surface area (TPSA) is 29.9 Å². The van der Waals surface area contributed by atoms with E-state index in [1.54, 1.807) is 7.11 Å². The lowest BCUT2D eigenvalue weighted by Gasteiger charge is -2.30. The molecule has 3 rings (SSSR count). The van der Waals surface area contributed by atoms with Crippen LogP contribution in [0.15, 0.2) is 18.2 Å². The first-order valence-corrected chi connectivity index (χ1v) is 7.40. The Labute approximate surface area is 118 Å². The van der Waals surface area contributed by atoms with Gasteiger partial charge in [0.05, 0.1) is 18.1 Å². The highest BCUT2D eigenvalue weighted by molar-refractivity contribution is 7.71. The van der Waals surface area contributed by atoms with E-state index in [2.05, 4.69) is 22.5 Å². The van der Waals surface area contributed by atoms with Crippen molar-refractivity contribution in [2.45, 2.75) is 38.6 Å². The summed E-state index contributed by atoms with van der Waals surface area (Å²) in [5, 5.41) is 0. The number of rotatable bonds is 2. The summed E-state index contributed by atoms with van der Waals surface area (Å²) in [6.07, 6.45) is 5.16. The smallest absolute Gasteiger partial charge is 0.178 e. The molecular weight excluding hydrogens is 256 g/mol. The van der Waals surface area contributed by atoms with E-state index in [0.717, 1.165) is 16.0 Å². The minimum Gasteiger partial charge on any atom is -0.497 e. The Morgan fingerprint density at radius 2 is 2.11 bits per heavy atom. The summed E-state index contributed by atoms with van der Waals surface area (Å²) in [5.74, 6) is 1.57. The maximum absolute atomic E-state index is 5.53. The number of aromatic nitrogens is 2. The van der Waals surface area contributed by atoms with E-state index in [0.29, 0.717) is 12.0 Å². The van der Waals surface area contributed by atoms with Gasteiger partial charge in [-0.3, -0.25) is 0 Å². The Hall–Kier alpha value is -1.29. The van der Waals surface area contributed by atoms with Gasteiger partial charge >= 0.3 is 0 Å². The molecule has 2 unspecified atom stereocenters. The highest BCUT2D eigenvalue weighted by Gasteiger charge is 2.25. The summed E-state index contributed by atoms with van der Waals surface area (Å²) < 4.78 is 8.48. The van der Waals surface area contributed by atoms with Crippen molar-refractivity contribution < 1.29 is 4.74 Å². The third-order valence-electron chi connectivity index (χ3n) is 4.32. The minimum absolute atomic E-state index is 0.516. The van der Waals surface area contributed by atoms with Gasteiger partial charge in [-0.25, -0.2) is 0 Å². The number of nitrogens with one attached hydrogen (secondary N) is 1. The van der Waals surface area contributed by atoms with Crippen molar-refractivity contribution in [1.82, 2.24) is 9.55 Å². The largest absolute Gasteiger partial charge is 0.497 e. The van der Waals surface area contributed by atoms with Crippen molar-refractivity contribution in [1.29, 1.82) is 0 Å². The van der Waals surface area contributed by atoms with Crippen LogP contribution >= 0.6 is 12.2 Å². The number of fused-ring (bicyclic) bond motifs is 1. The molecule has 1 aromatic carbocycles. The number of aromatic amines is 1. The zero-order chi connectivity index (χ0) is 13.4. The lowest BCUT2D eigenvalue weighted by atomic mass is 9.85. The molecule has 1 fully saturated rings. The molecule has 19 heavy (non-hydrogen) atoms. The van der Waals surface area contributed by atoms with Crippen LogP contribution < -0.4 is 4.74 Å². The van der Waals surface area contributed by atoms with Gasteiger partial charge in [0, 0.05) is 12.1 Å². The monoisotopic (exact) mass is 276 g/mol. The summed E-state index contributed by atoms with van der Waals surface area (Å²) in [6, 6.07) is 6.63. The van der Waals surface area contributed by atoms with Crippen molar-refractivity contribution in [3.05, 3.63) is 23.0 Å². The average Bonchev–Trinajstić information content (AvgIpc) is 2.74. The summed E-state index contributed by atoms with van der Waals surface area (Å²) in [7, 11) is 1.70. The Morgan fingerprint density at radius 1 is 1.32 bits per heavy atom. The first kappa shape index (κ1) is 12.7. The minimum atomic E-state index is 0.516. The molecule has 3 nitrogen and oxygen atoms in total. The van der Waals surface area contributed by atoms with Crippen LogP contribution in [0.3, 0.4) is 0 Å². The number of methoxy groups -OCH3 is 1. The molecule has 4 heteroatoms. The molecule has 0 saturated heterocycles. The molecule has 1 N–H and O–H groups in total. The van der Waals surface area contributed by atoms with Crippen LogP contribution in [-0.2, 0) is 0 Å². The van der Waals surface area contributed by atoms with Gasteiger partial charge in [0.2, 0.25) is 0 Å². The predicted molar refractivity (Wildman–Crippen MR) is 80.3 cm³/mol. The van der Waals surface area contributed by atoms with Crippen molar-refractivity contribution in [2.24, 2.45) is 5.92 Å². The van der Waals surface area contributed by atoms with Crippen LogP contribution in [0.4, 0.5) is 0 Å². The third-order valence-corrected chi connectivity index (χ3v) is 4.62. The van der Waals surface area contributed by atoms with Gasteiger partial charge < -0.3 is 14.3 Å². The molecule has 0 aliphatic heterocycles. The maximum Gasteiger partial charge on any atom is 0.178 e. The highest BCUT2D eigenvalue weighted by atomic mass is 32.1. The first-order valence-electron chi connectivity index (χ1n) is 6.99. The van der Waals surface area contributed by atoms with E-state index in [1.165, 1.54) is 31.2 Å². The maximum atomic E-state index is 5.53. The molecule has 1 aromatic heterocycles. The fraction of sp³-hybridized carbons (Fsp3) is 0.533. The zero-order valence-electron chi connectivity index (χ0n) is 11.5. The zero-order valence-corrected chi connectivity index (χ0v) is 12.3. The Bertz CT molecular complexity index is 643. The number of imidazole rings is 1. The standard InChI is InChI=1S/C15H20N2OS/c1-10-5-3-4-6-13(10)17-14-9-11(18-2)7-8-12(14)16-15(17)19/h7-10,13H,3-6H2,1-2H3,(H,16,19). The SMILES string of the molecule is COc1ccc2[nH]c(=S)n(C3CCCCC3C)c2c1. The van der Waals surface area contributed by atoms with Crippen LogP contribution in [0.2, 0.25) is 0 Å². The van der Waals surface area contributed by atoms with E-state index in [4.69, 9.17) is 17.0 Å². The van der Waals surface area contributed by atoms with Gasteiger partial charge in [-0.2, -0.15) is 0 Å². The lowest BCUT2D eigenvalue weighted by Crippen LogP contribution is -2.21. The second kappa shape index (κ2) is 5.00. The molecule has 1 aliphatic carbocycles. The fourth-order valence-corrected chi connectivity index (χ4v) is 3.58. The van der Waals surface area contributed by atoms with E-state index in [-0.39, 0.29) is 0 Å². The summed E-state index contributed by atoms with van der Waals surface area (Å²) in [4.78, 5) is 3.32. The second-order valence-electron chi connectivity index (χ2n) is 5.51. The summed E-state index contributed by atoms with van der Waals surface area (Å²) in [6.45, 7) is 2.34. The van der Waals surface area contributed by atoms with Crippen LogP contribution in [0.5, 0.6) is 5.75 Å². The van der Waals surface area contributed by atoms with E-state index < -0.39 is 0 Å². The number of benzene rings is 1. The third kappa shape index (κ3) is 2.18. The fourth-order valence-electron chi connectivity index (χ4n) is 3.24. The number of hydrogen-bond acceptors (Lipinski definition) is 2. The molecule has 0 amide bonds. The number of hydrogen-bond donors (Lipinski definition) is 1. The van der Waals surface area contributed by atoms with Gasteiger partial charge in [0.1, 0.15) is 5.75 Å². The van der Waals surface area contributed by atoms with Gasteiger partial charge in [-0.1, -0.05) is 19.8 Å². The van der Waals surface area contributed by atoms with E-state index in [9.17, 15) is 0 Å². The molecule has 0 spiro atoms. The summed E-state index contributed by atoms with van der Waals surface area (Å²) >= 11 is 5.53. The molecular formula is C15H20N2OS. The molecule has 102 valence electrons. The molecule has 0 radical (unpaired) electrons.